The fraction of sp³-hybridized carbons (Fsp3) is 0.517. The van der Waals surface area contributed by atoms with Gasteiger partial charge in [-0.1, -0.05) is 44.7 Å². The number of ether oxygens (including phenoxy) is 2. The fourth-order valence-electron chi connectivity index (χ4n) is 5.31. The Morgan fingerprint density at radius 1 is 0.829 bits per heavy atom. The highest BCUT2D eigenvalue weighted by atomic mass is 19.2. The quantitative estimate of drug-likeness (QED) is 0.261. The molecule has 1 aliphatic heterocycles. The second-order valence-electron chi connectivity index (χ2n) is 9.82. The van der Waals surface area contributed by atoms with Crippen molar-refractivity contribution >= 4 is 6.08 Å². The van der Waals surface area contributed by atoms with Gasteiger partial charge >= 0.3 is 0 Å². The summed E-state index contributed by atoms with van der Waals surface area (Å²) in [7, 11) is 0. The van der Waals surface area contributed by atoms with Gasteiger partial charge in [-0.2, -0.15) is 0 Å². The van der Waals surface area contributed by atoms with E-state index in [1.54, 1.807) is 6.07 Å². The van der Waals surface area contributed by atoms with Crippen LogP contribution in [0.2, 0.25) is 0 Å². The Balaban J connectivity index is 1.48. The lowest BCUT2D eigenvalue weighted by atomic mass is 9.76. The van der Waals surface area contributed by atoms with Gasteiger partial charge in [-0.05, 0) is 84.9 Å². The average Bonchev–Trinajstić information content (AvgIpc) is 3.37. The van der Waals surface area contributed by atoms with Gasteiger partial charge < -0.3 is 9.47 Å². The summed E-state index contributed by atoms with van der Waals surface area (Å²) in [5.41, 5.74) is 1.49. The van der Waals surface area contributed by atoms with Crippen LogP contribution in [0.4, 0.5) is 17.6 Å². The Morgan fingerprint density at radius 3 is 2.17 bits per heavy atom. The highest BCUT2D eigenvalue weighted by Gasteiger charge is 2.26. The Labute approximate surface area is 205 Å². The monoisotopic (exact) mass is 490 g/mol. The third kappa shape index (κ3) is 6.73. The van der Waals surface area contributed by atoms with Crippen LogP contribution in [0.3, 0.4) is 0 Å². The molecule has 0 bridgehead atoms. The van der Waals surface area contributed by atoms with Crippen LogP contribution in [0.5, 0.6) is 0 Å². The van der Waals surface area contributed by atoms with E-state index in [9.17, 15) is 17.6 Å². The molecular weight excluding hydrogens is 456 g/mol. The van der Waals surface area contributed by atoms with Crippen LogP contribution in [0.15, 0.2) is 30.3 Å². The molecule has 2 aromatic carbocycles. The van der Waals surface area contributed by atoms with Gasteiger partial charge in [0.2, 0.25) is 0 Å². The Morgan fingerprint density at radius 2 is 1.49 bits per heavy atom. The maximum atomic E-state index is 14.8. The molecule has 35 heavy (non-hydrogen) atoms. The zero-order valence-electron chi connectivity index (χ0n) is 20.3. The first-order chi connectivity index (χ1) is 16.9. The second-order valence-corrected chi connectivity index (χ2v) is 9.82. The summed E-state index contributed by atoms with van der Waals surface area (Å²) in [6.07, 6.45) is 11.2. The average molecular weight is 491 g/mol. The second kappa shape index (κ2) is 12.2. The van der Waals surface area contributed by atoms with E-state index in [2.05, 4.69) is 6.92 Å². The van der Waals surface area contributed by atoms with E-state index >= 15 is 0 Å². The van der Waals surface area contributed by atoms with Gasteiger partial charge in [0.15, 0.2) is 29.6 Å². The van der Waals surface area contributed by atoms with Gasteiger partial charge in [-0.15, -0.1) is 0 Å². The van der Waals surface area contributed by atoms with Crippen molar-refractivity contribution in [1.29, 1.82) is 0 Å². The Hall–Kier alpha value is -2.18. The summed E-state index contributed by atoms with van der Waals surface area (Å²) in [6, 6.07) is 5.49. The molecule has 0 amide bonds. The van der Waals surface area contributed by atoms with E-state index in [1.165, 1.54) is 43.9 Å². The number of halogens is 4. The smallest absolute Gasteiger partial charge is 0.177 e. The minimum absolute atomic E-state index is 0.0123. The number of hydrogen-bond acceptors (Lipinski definition) is 2. The molecule has 0 N–H and O–H groups in total. The number of rotatable bonds is 9. The van der Waals surface area contributed by atoms with Gasteiger partial charge in [-0.25, -0.2) is 17.6 Å². The normalized spacial score (nSPS) is 21.3. The number of benzene rings is 2. The highest BCUT2D eigenvalue weighted by molar-refractivity contribution is 5.52. The van der Waals surface area contributed by atoms with Crippen molar-refractivity contribution in [1.82, 2.24) is 0 Å². The molecular formula is C29H34F4O2. The van der Waals surface area contributed by atoms with Crippen molar-refractivity contribution < 1.29 is 27.0 Å². The van der Waals surface area contributed by atoms with E-state index in [0.29, 0.717) is 35.8 Å². The third-order valence-corrected chi connectivity index (χ3v) is 7.22. The molecule has 0 aromatic heterocycles. The lowest BCUT2D eigenvalue weighted by Gasteiger charge is -2.29. The Kier molecular flexibility index (Phi) is 9.01. The molecule has 1 aliphatic carbocycles. The van der Waals surface area contributed by atoms with Gasteiger partial charge in [0.05, 0.1) is 13.2 Å². The van der Waals surface area contributed by atoms with Crippen LogP contribution >= 0.6 is 0 Å². The molecule has 0 spiro atoms. The number of hydrogen-bond donors (Lipinski definition) is 0. The lowest BCUT2D eigenvalue weighted by Crippen LogP contribution is -2.15. The fourth-order valence-corrected chi connectivity index (χ4v) is 5.31. The van der Waals surface area contributed by atoms with E-state index in [1.807, 2.05) is 0 Å². The predicted molar refractivity (Wildman–Crippen MR) is 129 cm³/mol. The molecule has 1 saturated heterocycles. The molecule has 1 heterocycles. The van der Waals surface area contributed by atoms with Crippen LogP contribution in [-0.2, 0) is 15.9 Å². The maximum Gasteiger partial charge on any atom is 0.177 e. The van der Waals surface area contributed by atoms with Crippen LogP contribution in [-0.4, -0.2) is 19.5 Å². The maximum absolute atomic E-state index is 14.8. The van der Waals surface area contributed by atoms with Crippen LogP contribution in [0.25, 0.3) is 6.08 Å². The highest BCUT2D eigenvalue weighted by Crippen LogP contribution is 2.39. The molecule has 0 radical (unpaired) electrons. The minimum atomic E-state index is -0.986. The molecule has 190 valence electrons. The molecule has 1 saturated carbocycles. The zero-order valence-corrected chi connectivity index (χ0v) is 20.3. The van der Waals surface area contributed by atoms with Crippen LogP contribution < -0.4 is 0 Å². The molecule has 2 fully saturated rings. The topological polar surface area (TPSA) is 18.5 Å². The van der Waals surface area contributed by atoms with Gasteiger partial charge in [0.1, 0.15) is 0 Å². The number of unbranched alkanes of at least 4 members (excludes halogenated alkanes) is 2. The Bertz CT molecular complexity index is 1020. The van der Waals surface area contributed by atoms with Crippen molar-refractivity contribution in [2.24, 2.45) is 5.92 Å². The summed E-state index contributed by atoms with van der Waals surface area (Å²) in [5, 5.41) is 0. The van der Waals surface area contributed by atoms with Crippen molar-refractivity contribution in [3.05, 3.63) is 75.9 Å². The lowest BCUT2D eigenvalue weighted by molar-refractivity contribution is -0.000916. The summed E-state index contributed by atoms with van der Waals surface area (Å²) < 4.78 is 68.5. The largest absolute Gasteiger partial charge is 0.347 e. The van der Waals surface area contributed by atoms with Crippen LogP contribution in [0, 0.1) is 29.2 Å². The molecule has 2 aromatic rings. The predicted octanol–water partition coefficient (Wildman–Crippen LogP) is 8.07. The summed E-state index contributed by atoms with van der Waals surface area (Å²) in [5.74, 6) is -2.97. The summed E-state index contributed by atoms with van der Waals surface area (Å²) in [6.45, 7) is 3.09. The molecule has 6 heteroatoms. The van der Waals surface area contributed by atoms with E-state index in [0.717, 1.165) is 37.8 Å². The zero-order chi connectivity index (χ0) is 24.8. The van der Waals surface area contributed by atoms with Crippen molar-refractivity contribution in [3.8, 4) is 0 Å². The van der Waals surface area contributed by atoms with Crippen molar-refractivity contribution in [3.63, 3.8) is 0 Å². The van der Waals surface area contributed by atoms with Gasteiger partial charge in [0.25, 0.3) is 0 Å². The van der Waals surface area contributed by atoms with Gasteiger partial charge in [0, 0.05) is 5.56 Å². The van der Waals surface area contributed by atoms with E-state index in [4.69, 9.17) is 9.47 Å². The first-order valence-electron chi connectivity index (χ1n) is 12.8. The molecule has 0 atom stereocenters. The third-order valence-electron chi connectivity index (χ3n) is 7.22. The first kappa shape index (κ1) is 25.9. The van der Waals surface area contributed by atoms with Gasteiger partial charge in [-0.3, -0.25) is 0 Å². The minimum Gasteiger partial charge on any atom is -0.347 e. The molecule has 2 nitrogen and oxygen atoms in total. The molecule has 0 unspecified atom stereocenters. The van der Waals surface area contributed by atoms with Crippen molar-refractivity contribution in [2.45, 2.75) is 76.9 Å². The van der Waals surface area contributed by atoms with Crippen LogP contribution in [0.1, 0.15) is 86.5 Å². The van der Waals surface area contributed by atoms with E-state index in [-0.39, 0.29) is 17.9 Å². The summed E-state index contributed by atoms with van der Waals surface area (Å²) >= 11 is 0. The summed E-state index contributed by atoms with van der Waals surface area (Å²) in [4.78, 5) is 0. The van der Waals surface area contributed by atoms with E-state index < -0.39 is 29.6 Å². The van der Waals surface area contributed by atoms with Crippen molar-refractivity contribution in [2.75, 3.05) is 13.2 Å². The standard InChI is InChI=1S/C29H34F4O2/c1-2-3-4-5-19-6-8-22(9-7-19)24-16-21(18-26(31)29(24)33)14-20-15-23(28(32)25(30)17-20)10-11-27-34-12-13-35-27/h10-11,15-19,22,27H,2-9,12-14H2,1H3. The molecule has 4 rings (SSSR count). The SMILES string of the molecule is CCCCCC1CCC(c2cc(Cc3cc(F)c(F)c(C=CC4OCCO4)c3)cc(F)c2F)CC1. The molecule has 2 aliphatic rings. The first-order valence-corrected chi connectivity index (χ1v) is 12.8.